The molecule has 0 saturated heterocycles. The molecule has 0 amide bonds. The lowest BCUT2D eigenvalue weighted by Crippen LogP contribution is -2.36. The largest absolute Gasteiger partial charge is 0.294 e. The van der Waals surface area contributed by atoms with Gasteiger partial charge in [0, 0.05) is 29.8 Å². The second kappa shape index (κ2) is 3.95. The number of hydrogen-bond acceptors (Lipinski definition) is 2. The summed E-state index contributed by atoms with van der Waals surface area (Å²) < 4.78 is 0. The predicted octanol–water partition coefficient (Wildman–Crippen LogP) is 3.02. The minimum absolute atomic E-state index is 0.179. The lowest BCUT2D eigenvalue weighted by molar-refractivity contribution is -0.123. The molecule has 1 saturated carbocycles. The standard InChI is InChI=1S/C15H15NO/c1-2-10-7-12-13(8-10)15(17)14(12)9-11-3-5-16-6-4-11/h3-6,8-9,12-13H,2,7H2,1H3/b14-9-/t12-,13+/m1/s1. The molecule has 1 fully saturated rings. The van der Waals surface area contributed by atoms with Gasteiger partial charge in [0.25, 0.3) is 0 Å². The van der Waals surface area contributed by atoms with Crippen LogP contribution in [-0.4, -0.2) is 10.8 Å². The Bertz CT molecular complexity index is 513. The zero-order chi connectivity index (χ0) is 11.8. The summed E-state index contributed by atoms with van der Waals surface area (Å²) in [4.78, 5) is 16.0. The molecule has 2 atom stereocenters. The third-order valence-electron chi connectivity index (χ3n) is 3.80. The molecule has 2 aliphatic carbocycles. The van der Waals surface area contributed by atoms with Crippen molar-refractivity contribution in [3.63, 3.8) is 0 Å². The van der Waals surface area contributed by atoms with Crippen LogP contribution in [0.15, 0.2) is 41.7 Å². The fraction of sp³-hybridized carbons (Fsp3) is 0.333. The molecule has 17 heavy (non-hydrogen) atoms. The zero-order valence-electron chi connectivity index (χ0n) is 9.89. The number of fused-ring (bicyclic) bond motifs is 1. The monoisotopic (exact) mass is 225 g/mol. The van der Waals surface area contributed by atoms with Crippen LogP contribution < -0.4 is 0 Å². The number of carbonyl (C=O) groups is 1. The van der Waals surface area contributed by atoms with Gasteiger partial charge in [-0.25, -0.2) is 0 Å². The first-order chi connectivity index (χ1) is 8.29. The second-order valence-corrected chi connectivity index (χ2v) is 4.76. The topological polar surface area (TPSA) is 30.0 Å². The Labute approximate surface area is 101 Å². The normalized spacial score (nSPS) is 28.9. The number of nitrogens with zero attached hydrogens (tertiary/aromatic N) is 1. The van der Waals surface area contributed by atoms with Crippen molar-refractivity contribution in [1.29, 1.82) is 0 Å². The molecule has 2 aliphatic rings. The minimum Gasteiger partial charge on any atom is -0.294 e. The average molecular weight is 225 g/mol. The molecule has 1 heterocycles. The van der Waals surface area contributed by atoms with Gasteiger partial charge in [-0.1, -0.05) is 18.6 Å². The maximum atomic E-state index is 12.0. The molecule has 2 heteroatoms. The molecule has 0 unspecified atom stereocenters. The van der Waals surface area contributed by atoms with Crippen molar-refractivity contribution in [2.45, 2.75) is 19.8 Å². The average Bonchev–Trinajstić information content (AvgIpc) is 2.77. The molecule has 0 aliphatic heterocycles. The molecular formula is C15H15NO. The summed E-state index contributed by atoms with van der Waals surface area (Å²) in [6.45, 7) is 2.16. The summed E-state index contributed by atoms with van der Waals surface area (Å²) in [5, 5.41) is 0. The first-order valence-electron chi connectivity index (χ1n) is 6.15. The highest BCUT2D eigenvalue weighted by Gasteiger charge is 2.46. The Kier molecular flexibility index (Phi) is 2.43. The summed E-state index contributed by atoms with van der Waals surface area (Å²) in [5.41, 5.74) is 3.51. The maximum Gasteiger partial charge on any atom is 0.166 e. The predicted molar refractivity (Wildman–Crippen MR) is 67.2 cm³/mol. The number of Topliss-reactive ketones (excluding diaryl/α,β-unsaturated/α-hetero) is 1. The van der Waals surface area contributed by atoms with Crippen molar-refractivity contribution in [2.75, 3.05) is 0 Å². The fourth-order valence-corrected chi connectivity index (χ4v) is 2.77. The van der Waals surface area contributed by atoms with E-state index in [0.29, 0.717) is 11.7 Å². The van der Waals surface area contributed by atoms with Crippen LogP contribution in [0.25, 0.3) is 6.08 Å². The Morgan fingerprint density at radius 1 is 1.41 bits per heavy atom. The SMILES string of the molecule is CCC1=C[C@@H]2C(=O)/C(=C\c3ccncc3)[C@@H]2C1. The van der Waals surface area contributed by atoms with Crippen molar-refractivity contribution in [2.24, 2.45) is 11.8 Å². The van der Waals surface area contributed by atoms with Gasteiger partial charge in [0.2, 0.25) is 0 Å². The van der Waals surface area contributed by atoms with Crippen LogP contribution in [0.2, 0.25) is 0 Å². The third-order valence-corrected chi connectivity index (χ3v) is 3.80. The van der Waals surface area contributed by atoms with Gasteiger partial charge in [0.05, 0.1) is 0 Å². The van der Waals surface area contributed by atoms with E-state index < -0.39 is 0 Å². The summed E-state index contributed by atoms with van der Waals surface area (Å²) in [6, 6.07) is 3.88. The number of pyridine rings is 1. The number of rotatable bonds is 2. The van der Waals surface area contributed by atoms with Gasteiger partial charge in [-0.3, -0.25) is 9.78 Å². The van der Waals surface area contributed by atoms with Crippen LogP contribution in [0.1, 0.15) is 25.3 Å². The molecule has 0 spiro atoms. The van der Waals surface area contributed by atoms with E-state index in [1.165, 1.54) is 5.57 Å². The summed E-state index contributed by atoms with van der Waals surface area (Å²) in [6.07, 6.45) is 9.87. The van der Waals surface area contributed by atoms with Gasteiger partial charge in [-0.05, 0) is 36.6 Å². The first kappa shape index (κ1) is 10.5. The van der Waals surface area contributed by atoms with E-state index in [1.54, 1.807) is 12.4 Å². The van der Waals surface area contributed by atoms with Crippen LogP contribution in [0.4, 0.5) is 0 Å². The Balaban J connectivity index is 1.85. The van der Waals surface area contributed by atoms with Crippen LogP contribution in [0, 0.1) is 11.8 Å². The van der Waals surface area contributed by atoms with Gasteiger partial charge < -0.3 is 0 Å². The van der Waals surface area contributed by atoms with Gasteiger partial charge in [-0.15, -0.1) is 0 Å². The Morgan fingerprint density at radius 3 is 2.88 bits per heavy atom. The number of ketones is 1. The lowest BCUT2D eigenvalue weighted by Gasteiger charge is -2.32. The molecular weight excluding hydrogens is 210 g/mol. The van der Waals surface area contributed by atoms with E-state index in [9.17, 15) is 4.79 Å². The van der Waals surface area contributed by atoms with E-state index >= 15 is 0 Å². The molecule has 0 N–H and O–H groups in total. The number of hydrogen-bond donors (Lipinski definition) is 0. The van der Waals surface area contributed by atoms with E-state index in [4.69, 9.17) is 0 Å². The van der Waals surface area contributed by atoms with Gasteiger partial charge in [0.1, 0.15) is 0 Å². The fourth-order valence-electron chi connectivity index (χ4n) is 2.77. The van der Waals surface area contributed by atoms with Gasteiger partial charge in [0.15, 0.2) is 5.78 Å². The van der Waals surface area contributed by atoms with Crippen LogP contribution >= 0.6 is 0 Å². The smallest absolute Gasteiger partial charge is 0.166 e. The zero-order valence-corrected chi connectivity index (χ0v) is 9.89. The number of carbonyl (C=O) groups excluding carboxylic acids is 1. The van der Waals surface area contributed by atoms with Crippen molar-refractivity contribution in [3.8, 4) is 0 Å². The molecule has 1 aromatic rings. The number of aromatic nitrogens is 1. The molecule has 0 aromatic carbocycles. The highest BCUT2D eigenvalue weighted by Crippen LogP contribution is 2.48. The molecule has 0 radical (unpaired) electrons. The second-order valence-electron chi connectivity index (χ2n) is 4.76. The molecule has 3 rings (SSSR count). The van der Waals surface area contributed by atoms with Crippen molar-refractivity contribution in [3.05, 3.63) is 47.3 Å². The van der Waals surface area contributed by atoms with E-state index in [2.05, 4.69) is 18.0 Å². The molecule has 86 valence electrons. The first-order valence-corrected chi connectivity index (χ1v) is 6.15. The highest BCUT2D eigenvalue weighted by molar-refractivity contribution is 6.10. The van der Waals surface area contributed by atoms with Crippen molar-refractivity contribution in [1.82, 2.24) is 4.98 Å². The minimum atomic E-state index is 0.179. The lowest BCUT2D eigenvalue weighted by atomic mass is 9.69. The van der Waals surface area contributed by atoms with Crippen molar-refractivity contribution < 1.29 is 4.79 Å². The molecule has 1 aromatic heterocycles. The third kappa shape index (κ3) is 1.64. The quantitative estimate of drug-likeness (QED) is 0.572. The Morgan fingerprint density at radius 2 is 2.18 bits per heavy atom. The molecule has 0 bridgehead atoms. The van der Waals surface area contributed by atoms with Gasteiger partial charge in [-0.2, -0.15) is 0 Å². The van der Waals surface area contributed by atoms with Gasteiger partial charge >= 0.3 is 0 Å². The van der Waals surface area contributed by atoms with Crippen LogP contribution in [0.3, 0.4) is 0 Å². The number of allylic oxidation sites excluding steroid dienone is 3. The van der Waals surface area contributed by atoms with Crippen molar-refractivity contribution >= 4 is 11.9 Å². The summed E-state index contributed by atoms with van der Waals surface area (Å²) in [7, 11) is 0. The van der Waals surface area contributed by atoms with Crippen LogP contribution in [-0.2, 0) is 4.79 Å². The molecule has 2 nitrogen and oxygen atoms in total. The summed E-state index contributed by atoms with van der Waals surface area (Å²) in [5.74, 6) is 0.943. The van der Waals surface area contributed by atoms with E-state index in [1.807, 2.05) is 18.2 Å². The van der Waals surface area contributed by atoms with E-state index in [0.717, 1.165) is 24.0 Å². The highest BCUT2D eigenvalue weighted by atomic mass is 16.1. The Hall–Kier alpha value is -1.70. The van der Waals surface area contributed by atoms with E-state index in [-0.39, 0.29) is 5.92 Å². The maximum absolute atomic E-state index is 12.0. The van der Waals surface area contributed by atoms with Crippen LogP contribution in [0.5, 0.6) is 0 Å². The summed E-state index contributed by atoms with van der Waals surface area (Å²) >= 11 is 0.